The van der Waals surface area contributed by atoms with E-state index in [9.17, 15) is 4.79 Å². The van der Waals surface area contributed by atoms with Crippen molar-refractivity contribution in [2.75, 3.05) is 31.1 Å². The SMILES string of the molecule is O=C(c1noc(C2CCCN2)n1)N1CCCSCC1. The monoisotopic (exact) mass is 282 g/mol. The number of thioether (sulfide) groups is 1. The Hall–Kier alpha value is -1.08. The summed E-state index contributed by atoms with van der Waals surface area (Å²) < 4.78 is 5.22. The molecule has 1 aromatic rings. The van der Waals surface area contributed by atoms with Crippen molar-refractivity contribution in [3.8, 4) is 0 Å². The fraction of sp³-hybridized carbons (Fsp3) is 0.750. The van der Waals surface area contributed by atoms with Crippen LogP contribution in [0.2, 0.25) is 0 Å². The average molecular weight is 282 g/mol. The lowest BCUT2D eigenvalue weighted by molar-refractivity contribution is 0.0753. The molecule has 1 aromatic heterocycles. The number of nitrogens with zero attached hydrogens (tertiary/aromatic N) is 3. The molecule has 7 heteroatoms. The molecule has 0 spiro atoms. The summed E-state index contributed by atoms with van der Waals surface area (Å²) in [5.74, 6) is 2.75. The molecule has 6 nitrogen and oxygen atoms in total. The van der Waals surface area contributed by atoms with Gasteiger partial charge in [0.15, 0.2) is 0 Å². The van der Waals surface area contributed by atoms with Gasteiger partial charge in [-0.3, -0.25) is 4.79 Å². The molecule has 0 saturated carbocycles. The smallest absolute Gasteiger partial charge is 0.295 e. The molecule has 2 aliphatic rings. The van der Waals surface area contributed by atoms with Crippen LogP contribution in [0.4, 0.5) is 0 Å². The maximum absolute atomic E-state index is 12.3. The highest BCUT2D eigenvalue weighted by Crippen LogP contribution is 2.21. The van der Waals surface area contributed by atoms with E-state index in [1.807, 2.05) is 16.7 Å². The molecular weight excluding hydrogens is 264 g/mol. The Labute approximate surface area is 116 Å². The van der Waals surface area contributed by atoms with Gasteiger partial charge < -0.3 is 14.7 Å². The third kappa shape index (κ3) is 2.92. The molecule has 0 bridgehead atoms. The van der Waals surface area contributed by atoms with Crippen LogP contribution >= 0.6 is 11.8 Å². The van der Waals surface area contributed by atoms with E-state index in [2.05, 4.69) is 15.5 Å². The minimum absolute atomic E-state index is 0.101. The van der Waals surface area contributed by atoms with E-state index in [1.54, 1.807) is 0 Å². The van der Waals surface area contributed by atoms with Crippen LogP contribution in [0.3, 0.4) is 0 Å². The second kappa shape index (κ2) is 5.92. The summed E-state index contributed by atoms with van der Waals surface area (Å²) >= 11 is 1.89. The molecule has 2 saturated heterocycles. The van der Waals surface area contributed by atoms with E-state index in [0.29, 0.717) is 5.89 Å². The highest BCUT2D eigenvalue weighted by atomic mass is 32.2. The summed E-state index contributed by atoms with van der Waals surface area (Å²) in [6, 6.07) is 0.119. The van der Waals surface area contributed by atoms with Crippen molar-refractivity contribution in [1.82, 2.24) is 20.4 Å². The van der Waals surface area contributed by atoms with Crippen LogP contribution in [0.1, 0.15) is 41.8 Å². The van der Waals surface area contributed by atoms with Gasteiger partial charge in [-0.2, -0.15) is 16.7 Å². The van der Waals surface area contributed by atoms with Crippen molar-refractivity contribution in [3.63, 3.8) is 0 Å². The molecule has 1 atom stereocenters. The van der Waals surface area contributed by atoms with Gasteiger partial charge in [0, 0.05) is 18.8 Å². The Morgan fingerprint density at radius 3 is 3.16 bits per heavy atom. The van der Waals surface area contributed by atoms with Gasteiger partial charge in [-0.1, -0.05) is 5.16 Å². The highest BCUT2D eigenvalue weighted by molar-refractivity contribution is 7.99. The Morgan fingerprint density at radius 1 is 1.37 bits per heavy atom. The van der Waals surface area contributed by atoms with E-state index in [-0.39, 0.29) is 17.8 Å². The summed E-state index contributed by atoms with van der Waals surface area (Å²) in [7, 11) is 0. The average Bonchev–Trinajstić information content (AvgIpc) is 3.04. The summed E-state index contributed by atoms with van der Waals surface area (Å²) in [5, 5.41) is 7.13. The first-order valence-corrected chi connectivity index (χ1v) is 7.94. The molecule has 3 rings (SSSR count). The molecule has 0 aliphatic carbocycles. The molecule has 2 aliphatic heterocycles. The number of rotatable bonds is 2. The van der Waals surface area contributed by atoms with Gasteiger partial charge in [0.1, 0.15) is 0 Å². The first-order chi connectivity index (χ1) is 9.34. The van der Waals surface area contributed by atoms with Gasteiger partial charge >= 0.3 is 0 Å². The van der Waals surface area contributed by atoms with E-state index in [0.717, 1.165) is 50.4 Å². The van der Waals surface area contributed by atoms with Crippen LogP contribution < -0.4 is 5.32 Å². The van der Waals surface area contributed by atoms with Crippen LogP contribution in [0, 0.1) is 0 Å². The lowest BCUT2D eigenvalue weighted by Crippen LogP contribution is -2.33. The van der Waals surface area contributed by atoms with E-state index in [1.165, 1.54) is 0 Å². The second-order valence-corrected chi connectivity index (χ2v) is 6.09. The van der Waals surface area contributed by atoms with Gasteiger partial charge in [0.2, 0.25) is 5.89 Å². The third-order valence-electron chi connectivity index (χ3n) is 3.50. The molecule has 2 fully saturated rings. The predicted octanol–water partition coefficient (Wildman–Crippen LogP) is 1.07. The first-order valence-electron chi connectivity index (χ1n) is 6.78. The Kier molecular flexibility index (Phi) is 4.03. The lowest BCUT2D eigenvalue weighted by Gasteiger charge is -2.17. The quantitative estimate of drug-likeness (QED) is 0.875. The maximum Gasteiger partial charge on any atom is 0.295 e. The zero-order valence-corrected chi connectivity index (χ0v) is 11.6. The zero-order chi connectivity index (χ0) is 13.1. The van der Waals surface area contributed by atoms with Crippen molar-refractivity contribution >= 4 is 17.7 Å². The standard InChI is InChI=1S/C12H18N4O2S/c17-12(16-5-2-7-19-8-6-16)10-14-11(18-15-10)9-3-1-4-13-9/h9,13H,1-8H2. The molecule has 0 aromatic carbocycles. The second-order valence-electron chi connectivity index (χ2n) is 4.86. The molecule has 104 valence electrons. The maximum atomic E-state index is 12.3. The summed E-state index contributed by atoms with van der Waals surface area (Å²) in [5.41, 5.74) is 0. The van der Waals surface area contributed by atoms with Crippen LogP contribution in [0.25, 0.3) is 0 Å². The number of amides is 1. The lowest BCUT2D eigenvalue weighted by atomic mass is 10.2. The number of carbonyl (C=O) groups is 1. The van der Waals surface area contributed by atoms with E-state index in [4.69, 9.17) is 4.52 Å². The van der Waals surface area contributed by atoms with Gasteiger partial charge in [0.25, 0.3) is 11.7 Å². The number of hydrogen-bond donors (Lipinski definition) is 1. The Balaban J connectivity index is 1.68. The number of aromatic nitrogens is 2. The van der Waals surface area contributed by atoms with Crippen molar-refractivity contribution in [1.29, 1.82) is 0 Å². The van der Waals surface area contributed by atoms with Gasteiger partial charge in [-0.15, -0.1) is 0 Å². The zero-order valence-electron chi connectivity index (χ0n) is 10.8. The summed E-state index contributed by atoms with van der Waals surface area (Å²) in [6.07, 6.45) is 3.14. The largest absolute Gasteiger partial charge is 0.337 e. The highest BCUT2D eigenvalue weighted by Gasteiger charge is 2.26. The van der Waals surface area contributed by atoms with Crippen LogP contribution in [0.5, 0.6) is 0 Å². The Morgan fingerprint density at radius 2 is 2.32 bits per heavy atom. The van der Waals surface area contributed by atoms with Gasteiger partial charge in [0.05, 0.1) is 6.04 Å². The first kappa shape index (κ1) is 12.9. The molecular formula is C12H18N4O2S. The molecule has 0 radical (unpaired) electrons. The number of nitrogens with one attached hydrogen (secondary N) is 1. The molecule has 1 unspecified atom stereocenters. The van der Waals surface area contributed by atoms with E-state index < -0.39 is 0 Å². The van der Waals surface area contributed by atoms with Crippen LogP contribution in [-0.2, 0) is 0 Å². The summed E-state index contributed by atoms with van der Waals surface area (Å²) in [4.78, 5) is 18.4. The molecule has 3 heterocycles. The number of carbonyl (C=O) groups excluding carboxylic acids is 1. The topological polar surface area (TPSA) is 71.3 Å². The van der Waals surface area contributed by atoms with Crippen molar-refractivity contribution in [2.45, 2.75) is 25.3 Å². The molecule has 1 N–H and O–H groups in total. The summed E-state index contributed by atoms with van der Waals surface area (Å²) in [6.45, 7) is 2.53. The van der Waals surface area contributed by atoms with Gasteiger partial charge in [-0.25, -0.2) is 0 Å². The Bertz CT molecular complexity index is 437. The van der Waals surface area contributed by atoms with Crippen LogP contribution in [0.15, 0.2) is 4.52 Å². The van der Waals surface area contributed by atoms with Crippen molar-refractivity contribution < 1.29 is 9.32 Å². The number of hydrogen-bond acceptors (Lipinski definition) is 6. The van der Waals surface area contributed by atoms with Crippen LogP contribution in [-0.4, -0.2) is 52.1 Å². The fourth-order valence-corrected chi connectivity index (χ4v) is 3.34. The van der Waals surface area contributed by atoms with Crippen molar-refractivity contribution in [3.05, 3.63) is 11.7 Å². The minimum Gasteiger partial charge on any atom is -0.337 e. The molecule has 19 heavy (non-hydrogen) atoms. The minimum atomic E-state index is -0.101. The predicted molar refractivity (Wildman–Crippen MR) is 72.1 cm³/mol. The van der Waals surface area contributed by atoms with Crippen molar-refractivity contribution in [2.24, 2.45) is 0 Å². The third-order valence-corrected chi connectivity index (χ3v) is 4.55. The normalized spacial score (nSPS) is 24.4. The fourth-order valence-electron chi connectivity index (χ4n) is 2.45. The van der Waals surface area contributed by atoms with Gasteiger partial charge in [-0.05, 0) is 31.6 Å². The van der Waals surface area contributed by atoms with E-state index >= 15 is 0 Å². The molecule has 1 amide bonds.